The van der Waals surface area contributed by atoms with Gasteiger partial charge in [0.25, 0.3) is 0 Å². The van der Waals surface area contributed by atoms with Crippen LogP contribution in [0.15, 0.2) is 0 Å². The maximum atomic E-state index is 9.53. The second-order valence-corrected chi connectivity index (χ2v) is 7.19. The van der Waals surface area contributed by atoms with Gasteiger partial charge in [0, 0.05) is 13.1 Å². The molecule has 3 nitrogen and oxygen atoms in total. The minimum atomic E-state index is -0.299. The van der Waals surface area contributed by atoms with Gasteiger partial charge in [-0.3, -0.25) is 0 Å². The van der Waals surface area contributed by atoms with Gasteiger partial charge in [-0.1, -0.05) is 20.8 Å². The van der Waals surface area contributed by atoms with Gasteiger partial charge < -0.3 is 10.2 Å². The molecule has 2 atom stereocenters. The highest BCUT2D eigenvalue weighted by Gasteiger charge is 2.46. The van der Waals surface area contributed by atoms with Crippen molar-refractivity contribution in [3.8, 4) is 6.07 Å². The molecule has 0 aromatic heterocycles. The van der Waals surface area contributed by atoms with Crippen LogP contribution in [0.25, 0.3) is 0 Å². The number of hydrogen-bond donors (Lipinski definition) is 1. The molecule has 2 fully saturated rings. The van der Waals surface area contributed by atoms with Crippen LogP contribution in [0.1, 0.15) is 40.0 Å². The number of nitrogens with zero attached hydrogens (tertiary/aromatic N) is 2. The first-order valence-corrected chi connectivity index (χ1v) is 7.24. The number of likely N-dealkylation sites (tertiary alicyclic amines) is 1. The highest BCUT2D eigenvalue weighted by molar-refractivity contribution is 5.16. The second-order valence-electron chi connectivity index (χ2n) is 7.19. The topological polar surface area (TPSA) is 39.1 Å². The summed E-state index contributed by atoms with van der Waals surface area (Å²) in [7, 11) is 1.94. The summed E-state index contributed by atoms with van der Waals surface area (Å²) in [5.41, 5.74) is 0.0933. The quantitative estimate of drug-likeness (QED) is 0.830. The molecular weight excluding hydrogens is 222 g/mol. The van der Waals surface area contributed by atoms with Crippen molar-refractivity contribution >= 4 is 0 Å². The Hall–Kier alpha value is -0.590. The largest absolute Gasteiger partial charge is 0.301 e. The lowest BCUT2D eigenvalue weighted by atomic mass is 9.80. The number of rotatable bonds is 4. The summed E-state index contributed by atoms with van der Waals surface area (Å²) in [5, 5.41) is 12.8. The van der Waals surface area contributed by atoms with Gasteiger partial charge in [0.15, 0.2) is 0 Å². The molecule has 102 valence electrons. The van der Waals surface area contributed by atoms with E-state index in [4.69, 9.17) is 0 Å². The first-order valence-electron chi connectivity index (χ1n) is 7.24. The van der Waals surface area contributed by atoms with Crippen LogP contribution >= 0.6 is 0 Å². The van der Waals surface area contributed by atoms with Crippen LogP contribution in [-0.4, -0.2) is 37.1 Å². The summed E-state index contributed by atoms with van der Waals surface area (Å²) in [6, 6.07) is 2.55. The van der Waals surface area contributed by atoms with E-state index in [1.54, 1.807) is 0 Å². The number of hydrogen-bond acceptors (Lipinski definition) is 3. The zero-order valence-electron chi connectivity index (χ0n) is 12.3. The molecule has 1 saturated heterocycles. The van der Waals surface area contributed by atoms with E-state index in [9.17, 15) is 5.26 Å². The predicted octanol–water partition coefficient (Wildman–Crippen LogP) is 2.25. The Morgan fingerprint density at radius 2 is 1.89 bits per heavy atom. The van der Waals surface area contributed by atoms with Crippen molar-refractivity contribution in [2.45, 2.75) is 45.6 Å². The minimum absolute atomic E-state index is 0.299. The molecule has 1 aliphatic carbocycles. The Kier molecular flexibility index (Phi) is 3.71. The highest BCUT2D eigenvalue weighted by Crippen LogP contribution is 2.41. The summed E-state index contributed by atoms with van der Waals surface area (Å²) < 4.78 is 0. The van der Waals surface area contributed by atoms with Gasteiger partial charge in [0.2, 0.25) is 0 Å². The fourth-order valence-electron chi connectivity index (χ4n) is 3.21. The van der Waals surface area contributed by atoms with Gasteiger partial charge in [-0.2, -0.15) is 5.26 Å². The van der Waals surface area contributed by atoms with Gasteiger partial charge in [-0.15, -0.1) is 0 Å². The minimum Gasteiger partial charge on any atom is -0.301 e. The number of likely N-dealkylation sites (N-methyl/N-ethyl adjacent to an activating group) is 1. The predicted molar refractivity (Wildman–Crippen MR) is 74.1 cm³/mol. The molecule has 1 N–H and O–H groups in total. The van der Waals surface area contributed by atoms with E-state index in [1.807, 2.05) is 7.05 Å². The van der Waals surface area contributed by atoms with Gasteiger partial charge in [-0.05, 0) is 50.1 Å². The van der Waals surface area contributed by atoms with E-state index in [1.165, 1.54) is 19.3 Å². The molecule has 3 heteroatoms. The summed E-state index contributed by atoms with van der Waals surface area (Å²) in [6.07, 6.45) is 3.70. The van der Waals surface area contributed by atoms with Crippen LogP contribution in [0.5, 0.6) is 0 Å². The van der Waals surface area contributed by atoms with Crippen molar-refractivity contribution in [2.24, 2.45) is 17.3 Å². The lowest BCUT2D eigenvalue weighted by molar-refractivity contribution is 0.198. The molecule has 0 spiro atoms. The van der Waals surface area contributed by atoms with Crippen LogP contribution in [0.3, 0.4) is 0 Å². The SMILES string of the molecule is CNC(C#N)(CN1CCC(C(C)(C)C)C1)C1CC1. The molecule has 0 bridgehead atoms. The smallest absolute Gasteiger partial charge is 0.122 e. The van der Waals surface area contributed by atoms with E-state index in [2.05, 4.69) is 37.1 Å². The average Bonchev–Trinajstić information content (AvgIpc) is 3.05. The fourth-order valence-corrected chi connectivity index (χ4v) is 3.21. The van der Waals surface area contributed by atoms with Crippen LogP contribution in [0, 0.1) is 28.6 Å². The molecule has 18 heavy (non-hydrogen) atoms. The molecule has 0 radical (unpaired) electrons. The molecule has 1 aliphatic heterocycles. The average molecular weight is 249 g/mol. The standard InChI is InChI=1S/C15H27N3/c1-14(2,3)13-7-8-18(9-13)11-15(10-16,17-4)12-5-6-12/h12-13,17H,5-9,11H2,1-4H3. The maximum Gasteiger partial charge on any atom is 0.122 e. The third kappa shape index (κ3) is 2.70. The van der Waals surface area contributed by atoms with Crippen LogP contribution in [0.2, 0.25) is 0 Å². The first kappa shape index (κ1) is 13.8. The van der Waals surface area contributed by atoms with Crippen molar-refractivity contribution in [3.63, 3.8) is 0 Å². The summed E-state index contributed by atoms with van der Waals surface area (Å²) >= 11 is 0. The van der Waals surface area contributed by atoms with Crippen molar-refractivity contribution in [1.82, 2.24) is 10.2 Å². The zero-order valence-corrected chi connectivity index (χ0v) is 12.3. The highest BCUT2D eigenvalue weighted by atomic mass is 15.2. The van der Waals surface area contributed by atoms with Crippen LogP contribution in [-0.2, 0) is 0 Å². The maximum absolute atomic E-state index is 9.53. The van der Waals surface area contributed by atoms with Crippen molar-refractivity contribution in [1.29, 1.82) is 5.26 Å². The molecule has 0 amide bonds. The van der Waals surface area contributed by atoms with Crippen molar-refractivity contribution in [2.75, 3.05) is 26.7 Å². The van der Waals surface area contributed by atoms with Gasteiger partial charge >= 0.3 is 0 Å². The van der Waals surface area contributed by atoms with Gasteiger partial charge in [0.1, 0.15) is 5.54 Å². The molecule has 2 aliphatic rings. The lowest BCUT2D eigenvalue weighted by Gasteiger charge is -2.32. The zero-order chi connectivity index (χ0) is 13.4. The third-order valence-corrected chi connectivity index (χ3v) is 4.89. The summed E-state index contributed by atoms with van der Waals surface area (Å²) in [5.74, 6) is 1.34. The van der Waals surface area contributed by atoms with Crippen LogP contribution < -0.4 is 5.32 Å². The molecular formula is C15H27N3. The van der Waals surface area contributed by atoms with E-state index in [0.717, 1.165) is 25.6 Å². The summed E-state index contributed by atoms with van der Waals surface area (Å²) in [6.45, 7) is 10.2. The normalized spacial score (nSPS) is 28.9. The van der Waals surface area contributed by atoms with E-state index < -0.39 is 0 Å². The Morgan fingerprint density at radius 3 is 2.28 bits per heavy atom. The van der Waals surface area contributed by atoms with Gasteiger partial charge in [0.05, 0.1) is 6.07 Å². The molecule has 0 aromatic carbocycles. The monoisotopic (exact) mass is 249 g/mol. The van der Waals surface area contributed by atoms with Crippen molar-refractivity contribution in [3.05, 3.63) is 0 Å². The van der Waals surface area contributed by atoms with Crippen molar-refractivity contribution < 1.29 is 0 Å². The van der Waals surface area contributed by atoms with E-state index in [-0.39, 0.29) is 5.54 Å². The number of nitriles is 1. The third-order valence-electron chi connectivity index (χ3n) is 4.89. The Balaban J connectivity index is 1.96. The number of nitrogens with one attached hydrogen (secondary N) is 1. The molecule has 1 saturated carbocycles. The second kappa shape index (κ2) is 4.83. The molecule has 2 rings (SSSR count). The Labute approximate surface area is 112 Å². The van der Waals surface area contributed by atoms with E-state index in [0.29, 0.717) is 11.3 Å². The lowest BCUT2D eigenvalue weighted by Crippen LogP contribution is -2.52. The Bertz CT molecular complexity index is 335. The summed E-state index contributed by atoms with van der Waals surface area (Å²) in [4.78, 5) is 2.49. The molecule has 0 aromatic rings. The fraction of sp³-hybridized carbons (Fsp3) is 0.933. The molecule has 1 heterocycles. The molecule has 2 unspecified atom stereocenters. The van der Waals surface area contributed by atoms with Gasteiger partial charge in [-0.25, -0.2) is 0 Å². The first-order chi connectivity index (χ1) is 8.41. The van der Waals surface area contributed by atoms with E-state index >= 15 is 0 Å². The van der Waals surface area contributed by atoms with Crippen LogP contribution in [0.4, 0.5) is 0 Å². The Morgan fingerprint density at radius 1 is 1.22 bits per heavy atom.